The average molecular weight is 517 g/mol. The Balaban J connectivity index is 1.54. The summed E-state index contributed by atoms with van der Waals surface area (Å²) in [6.07, 6.45) is 6.98. The van der Waals surface area contributed by atoms with Crippen molar-refractivity contribution in [1.29, 1.82) is 0 Å². The van der Waals surface area contributed by atoms with E-state index in [9.17, 15) is 13.2 Å². The van der Waals surface area contributed by atoms with Crippen LogP contribution in [0.15, 0.2) is 47.2 Å². The molecule has 2 unspecified atom stereocenters. The zero-order chi connectivity index (χ0) is 25.0. The second-order valence-corrected chi connectivity index (χ2v) is 12.7. The SMILES string of the molecule is C=CC(N1CCN(C)CC1)S(=O)(=O)c1ccc(C(CC2CCCC2)C(=O)Nc2nc(C)cs2)cc1. The van der Waals surface area contributed by atoms with Crippen LogP contribution in [0.25, 0.3) is 0 Å². The van der Waals surface area contributed by atoms with Gasteiger partial charge in [0.1, 0.15) is 5.37 Å². The van der Waals surface area contributed by atoms with E-state index in [1.165, 1.54) is 30.3 Å². The first-order valence-corrected chi connectivity index (χ1v) is 14.8. The van der Waals surface area contributed by atoms with Crippen molar-refractivity contribution in [1.82, 2.24) is 14.8 Å². The normalized spacial score (nSPS) is 19.9. The molecule has 7 nitrogen and oxygen atoms in total. The number of rotatable bonds is 9. The lowest BCUT2D eigenvalue weighted by molar-refractivity contribution is -0.118. The van der Waals surface area contributed by atoms with Crippen LogP contribution in [0.3, 0.4) is 0 Å². The zero-order valence-electron chi connectivity index (χ0n) is 20.7. The third-order valence-electron chi connectivity index (χ3n) is 7.24. The van der Waals surface area contributed by atoms with Gasteiger partial charge in [0.15, 0.2) is 15.0 Å². The largest absolute Gasteiger partial charge is 0.304 e. The Bertz CT molecular complexity index is 1120. The Hall–Kier alpha value is -2.07. The maximum Gasteiger partial charge on any atom is 0.233 e. The molecule has 1 amide bonds. The Kier molecular flexibility index (Phi) is 8.42. The van der Waals surface area contributed by atoms with Gasteiger partial charge in [-0.25, -0.2) is 13.4 Å². The molecule has 1 saturated carbocycles. The first-order valence-electron chi connectivity index (χ1n) is 12.4. The van der Waals surface area contributed by atoms with Crippen LogP contribution < -0.4 is 5.32 Å². The molecule has 35 heavy (non-hydrogen) atoms. The highest BCUT2D eigenvalue weighted by Crippen LogP contribution is 2.35. The molecule has 2 fully saturated rings. The highest BCUT2D eigenvalue weighted by atomic mass is 32.2. The average Bonchev–Trinajstić information content (AvgIpc) is 3.50. The molecule has 2 aromatic rings. The second kappa shape index (κ2) is 11.3. The summed E-state index contributed by atoms with van der Waals surface area (Å²) in [7, 11) is -1.58. The van der Waals surface area contributed by atoms with Crippen molar-refractivity contribution in [2.24, 2.45) is 5.92 Å². The summed E-state index contributed by atoms with van der Waals surface area (Å²) < 4.78 is 26.9. The van der Waals surface area contributed by atoms with Gasteiger partial charge in [-0.15, -0.1) is 17.9 Å². The highest BCUT2D eigenvalue weighted by molar-refractivity contribution is 7.92. The summed E-state index contributed by atoms with van der Waals surface area (Å²) in [5.74, 6) is 0.0877. The van der Waals surface area contributed by atoms with Crippen molar-refractivity contribution < 1.29 is 13.2 Å². The molecule has 1 N–H and O–H groups in total. The van der Waals surface area contributed by atoms with Gasteiger partial charge in [-0.2, -0.15) is 0 Å². The van der Waals surface area contributed by atoms with E-state index in [4.69, 9.17) is 0 Å². The minimum Gasteiger partial charge on any atom is -0.304 e. The molecule has 1 aromatic heterocycles. The van der Waals surface area contributed by atoms with Crippen LogP contribution in [-0.4, -0.2) is 67.7 Å². The van der Waals surface area contributed by atoms with Gasteiger partial charge in [0.25, 0.3) is 0 Å². The number of likely N-dealkylation sites (N-methyl/N-ethyl adjacent to an activating group) is 1. The number of amides is 1. The summed E-state index contributed by atoms with van der Waals surface area (Å²) in [6, 6.07) is 6.92. The van der Waals surface area contributed by atoms with Crippen molar-refractivity contribution in [3.63, 3.8) is 0 Å². The van der Waals surface area contributed by atoms with Crippen LogP contribution in [-0.2, 0) is 14.6 Å². The lowest BCUT2D eigenvalue weighted by Gasteiger charge is -2.36. The fourth-order valence-corrected chi connectivity index (χ4v) is 7.50. The lowest BCUT2D eigenvalue weighted by Crippen LogP contribution is -2.50. The number of nitrogens with one attached hydrogen (secondary N) is 1. The predicted molar refractivity (Wildman–Crippen MR) is 141 cm³/mol. The number of nitrogens with zero attached hydrogens (tertiary/aromatic N) is 3. The predicted octanol–water partition coefficient (Wildman–Crippen LogP) is 4.29. The van der Waals surface area contributed by atoms with Crippen LogP contribution in [0.2, 0.25) is 0 Å². The first kappa shape index (κ1) is 26.0. The summed E-state index contributed by atoms with van der Waals surface area (Å²) in [5, 5.41) is 4.74. The summed E-state index contributed by atoms with van der Waals surface area (Å²) in [5.41, 5.74) is 1.72. The summed E-state index contributed by atoms with van der Waals surface area (Å²) in [6.45, 7) is 8.75. The highest BCUT2D eigenvalue weighted by Gasteiger charge is 2.33. The lowest BCUT2D eigenvalue weighted by atomic mass is 9.87. The molecule has 190 valence electrons. The van der Waals surface area contributed by atoms with E-state index in [1.807, 2.05) is 36.4 Å². The van der Waals surface area contributed by atoms with Gasteiger partial charge in [-0.05, 0) is 44.0 Å². The number of carbonyl (C=O) groups excluding carboxylic acids is 1. The van der Waals surface area contributed by atoms with Gasteiger partial charge in [-0.1, -0.05) is 43.9 Å². The van der Waals surface area contributed by atoms with Gasteiger partial charge in [-0.3, -0.25) is 9.69 Å². The Morgan fingerprint density at radius 2 is 1.86 bits per heavy atom. The molecule has 0 spiro atoms. The van der Waals surface area contributed by atoms with Crippen molar-refractivity contribution in [2.75, 3.05) is 38.5 Å². The molecule has 2 atom stereocenters. The number of aryl methyl sites for hydroxylation is 1. The molecule has 2 heterocycles. The van der Waals surface area contributed by atoms with Crippen molar-refractivity contribution in [2.45, 2.75) is 55.2 Å². The third-order valence-corrected chi connectivity index (χ3v) is 10.2. The fourth-order valence-electron chi connectivity index (χ4n) is 5.16. The van der Waals surface area contributed by atoms with E-state index >= 15 is 0 Å². The number of anilines is 1. The molecule has 1 aliphatic heterocycles. The number of carbonyl (C=O) groups is 1. The molecule has 1 aromatic carbocycles. The molecule has 0 bridgehead atoms. The van der Waals surface area contributed by atoms with Crippen LogP contribution in [0.5, 0.6) is 0 Å². The Labute approximate surface area is 213 Å². The standard InChI is InChI=1S/C26H36N4O3S2/c1-4-24(30-15-13-29(3)14-16-30)35(32,33)22-11-9-21(10-12-22)23(17-20-7-5-6-8-20)25(31)28-26-27-19(2)18-34-26/h4,9-12,18,20,23-24H,1,5-8,13-17H2,2-3H3,(H,27,28,31). The number of benzene rings is 1. The molecule has 4 rings (SSSR count). The van der Waals surface area contributed by atoms with E-state index in [0.29, 0.717) is 24.1 Å². The first-order chi connectivity index (χ1) is 16.8. The van der Waals surface area contributed by atoms with Gasteiger partial charge in [0.05, 0.1) is 16.5 Å². The van der Waals surface area contributed by atoms with Gasteiger partial charge in [0.2, 0.25) is 5.91 Å². The van der Waals surface area contributed by atoms with Crippen LogP contribution in [0, 0.1) is 12.8 Å². The van der Waals surface area contributed by atoms with Gasteiger partial charge >= 0.3 is 0 Å². The Morgan fingerprint density at radius 3 is 2.43 bits per heavy atom. The number of aromatic nitrogens is 1. The van der Waals surface area contributed by atoms with Gasteiger partial charge in [0, 0.05) is 31.6 Å². The van der Waals surface area contributed by atoms with Crippen LogP contribution in [0.4, 0.5) is 5.13 Å². The van der Waals surface area contributed by atoms with Crippen molar-refractivity contribution in [3.8, 4) is 0 Å². The van der Waals surface area contributed by atoms with E-state index in [2.05, 4.69) is 21.8 Å². The van der Waals surface area contributed by atoms with Gasteiger partial charge < -0.3 is 10.2 Å². The maximum atomic E-state index is 13.5. The molecule has 1 aliphatic carbocycles. The van der Waals surface area contributed by atoms with E-state index in [0.717, 1.165) is 43.6 Å². The van der Waals surface area contributed by atoms with E-state index in [-0.39, 0.29) is 16.7 Å². The molecule has 0 radical (unpaired) electrons. The zero-order valence-corrected chi connectivity index (χ0v) is 22.3. The fraction of sp³-hybridized carbons (Fsp3) is 0.538. The second-order valence-electron chi connectivity index (χ2n) is 9.80. The Morgan fingerprint density at radius 1 is 1.20 bits per heavy atom. The summed E-state index contributed by atoms with van der Waals surface area (Å²) >= 11 is 1.42. The van der Waals surface area contributed by atoms with Crippen molar-refractivity contribution in [3.05, 3.63) is 53.6 Å². The number of piperazine rings is 1. The monoisotopic (exact) mass is 516 g/mol. The molecular formula is C26H36N4O3S2. The number of sulfone groups is 1. The smallest absolute Gasteiger partial charge is 0.233 e. The number of thiazole rings is 1. The van der Waals surface area contributed by atoms with Crippen molar-refractivity contribution >= 4 is 32.2 Å². The van der Waals surface area contributed by atoms with Crippen LogP contribution in [0.1, 0.15) is 49.3 Å². The van der Waals surface area contributed by atoms with E-state index in [1.54, 1.807) is 12.1 Å². The third kappa shape index (κ3) is 6.20. The molecule has 1 saturated heterocycles. The molecule has 9 heteroatoms. The maximum absolute atomic E-state index is 13.5. The van der Waals surface area contributed by atoms with E-state index < -0.39 is 15.2 Å². The number of hydrogen-bond donors (Lipinski definition) is 1. The number of hydrogen-bond acceptors (Lipinski definition) is 7. The minimum absolute atomic E-state index is 0.0803. The summed E-state index contributed by atoms with van der Waals surface area (Å²) in [4.78, 5) is 22.1. The van der Waals surface area contributed by atoms with Crippen LogP contribution >= 0.6 is 11.3 Å². The minimum atomic E-state index is -3.62. The molecule has 2 aliphatic rings. The quantitative estimate of drug-likeness (QED) is 0.501. The molecular weight excluding hydrogens is 480 g/mol. The topological polar surface area (TPSA) is 82.6 Å².